The van der Waals surface area contributed by atoms with E-state index in [1.54, 1.807) is 0 Å². The number of rotatable bonds is 1. The Morgan fingerprint density at radius 1 is 1.18 bits per heavy atom. The standard InChI is InChI=1S/C13H17N3O/c1-8-5-6-10(14)9(7-8)11-15-16-12(17-11)13(2,3)4/h5-7H,14H2,1-4H3. The summed E-state index contributed by atoms with van der Waals surface area (Å²) in [5.41, 5.74) is 8.33. The molecule has 2 aromatic rings. The Balaban J connectivity index is 2.47. The third kappa shape index (κ3) is 2.30. The summed E-state index contributed by atoms with van der Waals surface area (Å²) in [7, 11) is 0. The minimum absolute atomic E-state index is 0.149. The van der Waals surface area contributed by atoms with Crippen LogP contribution < -0.4 is 5.73 Å². The molecule has 1 aromatic heterocycles. The van der Waals surface area contributed by atoms with Gasteiger partial charge in [-0.3, -0.25) is 0 Å². The molecule has 0 amide bonds. The first-order chi connectivity index (χ1) is 7.88. The van der Waals surface area contributed by atoms with Gasteiger partial charge >= 0.3 is 0 Å². The molecule has 0 saturated heterocycles. The molecular weight excluding hydrogens is 214 g/mol. The molecule has 90 valence electrons. The molecule has 17 heavy (non-hydrogen) atoms. The zero-order valence-corrected chi connectivity index (χ0v) is 10.6. The molecule has 0 unspecified atom stereocenters. The Labute approximate surface area is 101 Å². The van der Waals surface area contributed by atoms with Crippen molar-refractivity contribution in [3.63, 3.8) is 0 Å². The van der Waals surface area contributed by atoms with Crippen molar-refractivity contribution in [2.24, 2.45) is 0 Å². The van der Waals surface area contributed by atoms with Crippen LogP contribution in [0.15, 0.2) is 22.6 Å². The largest absolute Gasteiger partial charge is 0.420 e. The van der Waals surface area contributed by atoms with Crippen LogP contribution in [0.2, 0.25) is 0 Å². The summed E-state index contributed by atoms with van der Waals surface area (Å²) in [4.78, 5) is 0. The lowest BCUT2D eigenvalue weighted by Gasteiger charge is -2.11. The lowest BCUT2D eigenvalue weighted by Crippen LogP contribution is -2.11. The first-order valence-corrected chi connectivity index (χ1v) is 5.58. The van der Waals surface area contributed by atoms with Gasteiger partial charge in [-0.05, 0) is 19.1 Å². The van der Waals surface area contributed by atoms with Crippen molar-refractivity contribution < 1.29 is 4.42 Å². The molecular formula is C13H17N3O. The van der Waals surface area contributed by atoms with Crippen LogP contribution in [0, 0.1) is 6.92 Å². The normalized spacial score (nSPS) is 11.8. The molecule has 2 N–H and O–H groups in total. The zero-order chi connectivity index (χ0) is 12.6. The van der Waals surface area contributed by atoms with Crippen LogP contribution in [0.1, 0.15) is 32.2 Å². The highest BCUT2D eigenvalue weighted by molar-refractivity contribution is 5.70. The first-order valence-electron chi connectivity index (χ1n) is 5.58. The second-order valence-electron chi connectivity index (χ2n) is 5.25. The maximum absolute atomic E-state index is 5.91. The molecule has 1 heterocycles. The van der Waals surface area contributed by atoms with E-state index in [0.717, 1.165) is 11.1 Å². The molecule has 0 aliphatic rings. The van der Waals surface area contributed by atoms with Crippen LogP contribution in [0.25, 0.3) is 11.5 Å². The van der Waals surface area contributed by atoms with Crippen molar-refractivity contribution in [3.05, 3.63) is 29.7 Å². The Morgan fingerprint density at radius 2 is 1.88 bits per heavy atom. The van der Waals surface area contributed by atoms with Gasteiger partial charge in [0.2, 0.25) is 11.8 Å². The van der Waals surface area contributed by atoms with Gasteiger partial charge in [0.15, 0.2) is 0 Å². The minimum Gasteiger partial charge on any atom is -0.420 e. The molecule has 1 aromatic carbocycles. The fourth-order valence-corrected chi connectivity index (χ4v) is 1.49. The Morgan fingerprint density at radius 3 is 2.47 bits per heavy atom. The second kappa shape index (κ2) is 3.87. The number of aromatic nitrogens is 2. The molecule has 0 radical (unpaired) electrons. The van der Waals surface area contributed by atoms with Crippen molar-refractivity contribution in [1.29, 1.82) is 0 Å². The molecule has 4 nitrogen and oxygen atoms in total. The third-order valence-corrected chi connectivity index (χ3v) is 2.51. The van der Waals surface area contributed by atoms with E-state index in [-0.39, 0.29) is 5.41 Å². The van der Waals surface area contributed by atoms with Gasteiger partial charge in [0.05, 0.1) is 5.56 Å². The maximum atomic E-state index is 5.91. The number of nitrogens with zero attached hydrogens (tertiary/aromatic N) is 2. The van der Waals surface area contributed by atoms with Crippen LogP contribution in [0.5, 0.6) is 0 Å². The number of benzene rings is 1. The number of aryl methyl sites for hydroxylation is 1. The fraction of sp³-hybridized carbons (Fsp3) is 0.385. The van der Waals surface area contributed by atoms with Crippen molar-refractivity contribution in [2.45, 2.75) is 33.1 Å². The molecule has 0 aliphatic carbocycles. The Hall–Kier alpha value is -1.84. The van der Waals surface area contributed by atoms with Gasteiger partial charge in [0.1, 0.15) is 0 Å². The molecule has 0 aliphatic heterocycles. The monoisotopic (exact) mass is 231 g/mol. The highest BCUT2D eigenvalue weighted by atomic mass is 16.4. The smallest absolute Gasteiger partial charge is 0.249 e. The predicted octanol–water partition coefficient (Wildman–Crippen LogP) is 2.92. The quantitative estimate of drug-likeness (QED) is 0.766. The van der Waals surface area contributed by atoms with Crippen molar-refractivity contribution in [1.82, 2.24) is 10.2 Å². The number of nitrogens with two attached hydrogens (primary N) is 1. The van der Waals surface area contributed by atoms with Crippen molar-refractivity contribution >= 4 is 5.69 Å². The molecule has 0 bridgehead atoms. The lowest BCUT2D eigenvalue weighted by molar-refractivity contribution is 0.399. The SMILES string of the molecule is Cc1ccc(N)c(-c2nnc(C(C)(C)C)o2)c1. The van der Waals surface area contributed by atoms with Crippen molar-refractivity contribution in [3.8, 4) is 11.5 Å². The average molecular weight is 231 g/mol. The van der Waals surface area contributed by atoms with E-state index in [9.17, 15) is 0 Å². The molecule has 0 fully saturated rings. The third-order valence-electron chi connectivity index (χ3n) is 2.51. The summed E-state index contributed by atoms with van der Waals surface area (Å²) in [6.07, 6.45) is 0. The average Bonchev–Trinajstić information content (AvgIpc) is 2.70. The maximum Gasteiger partial charge on any atom is 0.249 e. The number of anilines is 1. The van der Waals surface area contributed by atoms with Crippen LogP contribution in [-0.2, 0) is 5.41 Å². The fourth-order valence-electron chi connectivity index (χ4n) is 1.49. The van der Waals surface area contributed by atoms with Gasteiger partial charge in [0, 0.05) is 11.1 Å². The Bertz CT molecular complexity index is 538. The van der Waals surface area contributed by atoms with Crippen LogP contribution in [0.3, 0.4) is 0 Å². The highest BCUT2D eigenvalue weighted by Gasteiger charge is 2.22. The molecule has 0 spiro atoms. The summed E-state index contributed by atoms with van der Waals surface area (Å²) in [6, 6.07) is 5.76. The van der Waals surface area contributed by atoms with E-state index in [1.807, 2.05) is 45.9 Å². The predicted molar refractivity (Wildman–Crippen MR) is 67.6 cm³/mol. The van der Waals surface area contributed by atoms with E-state index >= 15 is 0 Å². The van der Waals surface area contributed by atoms with Crippen LogP contribution in [0.4, 0.5) is 5.69 Å². The van der Waals surface area contributed by atoms with E-state index in [4.69, 9.17) is 10.2 Å². The van der Waals surface area contributed by atoms with E-state index in [0.29, 0.717) is 17.5 Å². The van der Waals surface area contributed by atoms with E-state index in [2.05, 4.69) is 10.2 Å². The summed E-state index contributed by atoms with van der Waals surface area (Å²) >= 11 is 0. The molecule has 0 atom stereocenters. The topological polar surface area (TPSA) is 64.9 Å². The minimum atomic E-state index is -0.149. The highest BCUT2D eigenvalue weighted by Crippen LogP contribution is 2.29. The second-order valence-corrected chi connectivity index (χ2v) is 5.25. The van der Waals surface area contributed by atoms with E-state index < -0.39 is 0 Å². The van der Waals surface area contributed by atoms with Crippen LogP contribution >= 0.6 is 0 Å². The van der Waals surface area contributed by atoms with Crippen molar-refractivity contribution in [2.75, 3.05) is 5.73 Å². The number of hydrogen-bond acceptors (Lipinski definition) is 4. The summed E-state index contributed by atoms with van der Waals surface area (Å²) in [5.74, 6) is 1.10. The van der Waals surface area contributed by atoms with Gasteiger partial charge in [-0.1, -0.05) is 32.4 Å². The molecule has 4 heteroatoms. The zero-order valence-electron chi connectivity index (χ0n) is 10.6. The summed E-state index contributed by atoms with van der Waals surface area (Å²) in [6.45, 7) is 8.10. The van der Waals surface area contributed by atoms with Gasteiger partial charge in [0.25, 0.3) is 0 Å². The molecule has 0 saturated carbocycles. The van der Waals surface area contributed by atoms with Gasteiger partial charge in [-0.15, -0.1) is 10.2 Å². The van der Waals surface area contributed by atoms with Crippen LogP contribution in [-0.4, -0.2) is 10.2 Å². The van der Waals surface area contributed by atoms with Gasteiger partial charge in [-0.25, -0.2) is 0 Å². The number of hydrogen-bond donors (Lipinski definition) is 1. The Kier molecular flexibility index (Phi) is 2.65. The summed E-state index contributed by atoms with van der Waals surface area (Å²) in [5, 5.41) is 8.12. The number of nitrogen functional groups attached to an aromatic ring is 1. The lowest BCUT2D eigenvalue weighted by atomic mass is 9.97. The van der Waals surface area contributed by atoms with Gasteiger partial charge < -0.3 is 10.2 Å². The first kappa shape index (κ1) is 11.6. The molecule has 2 rings (SSSR count). The van der Waals surface area contributed by atoms with E-state index in [1.165, 1.54) is 0 Å². The van der Waals surface area contributed by atoms with Gasteiger partial charge in [-0.2, -0.15) is 0 Å². The summed E-state index contributed by atoms with van der Waals surface area (Å²) < 4.78 is 5.67.